The topological polar surface area (TPSA) is 73.2 Å². The van der Waals surface area contributed by atoms with Crippen molar-refractivity contribution in [2.75, 3.05) is 19.6 Å². The molecule has 0 radical (unpaired) electrons. The van der Waals surface area contributed by atoms with E-state index in [1.807, 2.05) is 6.07 Å². The molecular formula is C7H9N3O2. The van der Waals surface area contributed by atoms with Gasteiger partial charge in [0.15, 0.2) is 0 Å². The zero-order valence-corrected chi connectivity index (χ0v) is 6.54. The number of hydrogen-bond acceptors (Lipinski definition) is 3. The molecule has 0 aromatic rings. The van der Waals surface area contributed by atoms with Crippen LogP contribution in [0.4, 0.5) is 0 Å². The van der Waals surface area contributed by atoms with Crippen molar-refractivity contribution in [3.63, 3.8) is 0 Å². The van der Waals surface area contributed by atoms with E-state index in [1.165, 1.54) is 4.90 Å². The summed E-state index contributed by atoms with van der Waals surface area (Å²) in [5, 5.41) is 10.7. The number of carbonyl (C=O) groups is 2. The number of carbonyl (C=O) groups excluding carboxylic acids is 2. The maximum atomic E-state index is 11.0. The molecule has 0 saturated carbocycles. The largest absolute Gasteiger partial charge is 0.345 e. The number of nitrogens with one attached hydrogen (secondary N) is 1. The van der Waals surface area contributed by atoms with Gasteiger partial charge < -0.3 is 10.2 Å². The second-order valence-corrected chi connectivity index (χ2v) is 2.50. The molecule has 1 saturated heterocycles. The van der Waals surface area contributed by atoms with Crippen molar-refractivity contribution >= 4 is 11.8 Å². The summed E-state index contributed by atoms with van der Waals surface area (Å²) in [7, 11) is 0. The standard InChI is InChI=1S/C7H9N3O2/c8-2-1-3-10-5-6(11)9-4-7(10)12/h1,3-5H2,(H,9,11). The van der Waals surface area contributed by atoms with Gasteiger partial charge in [-0.3, -0.25) is 9.59 Å². The molecule has 1 heterocycles. The fourth-order valence-corrected chi connectivity index (χ4v) is 0.992. The Labute approximate surface area is 69.9 Å². The predicted molar refractivity (Wildman–Crippen MR) is 39.8 cm³/mol. The van der Waals surface area contributed by atoms with Gasteiger partial charge in [0.05, 0.1) is 25.6 Å². The highest BCUT2D eigenvalue weighted by Gasteiger charge is 2.21. The molecule has 0 aromatic carbocycles. The first kappa shape index (κ1) is 8.53. The molecule has 0 atom stereocenters. The lowest BCUT2D eigenvalue weighted by Crippen LogP contribution is -2.51. The van der Waals surface area contributed by atoms with E-state index in [9.17, 15) is 9.59 Å². The van der Waals surface area contributed by atoms with Crippen LogP contribution in [0.2, 0.25) is 0 Å². The minimum atomic E-state index is -0.160. The van der Waals surface area contributed by atoms with Crippen molar-refractivity contribution in [1.82, 2.24) is 10.2 Å². The molecule has 1 aliphatic rings. The maximum Gasteiger partial charge on any atom is 0.242 e. The quantitative estimate of drug-likeness (QED) is 0.565. The first-order valence-corrected chi connectivity index (χ1v) is 3.65. The predicted octanol–water partition coefficient (Wildman–Crippen LogP) is -1.14. The number of hydrogen-bond donors (Lipinski definition) is 1. The molecule has 5 nitrogen and oxygen atoms in total. The van der Waals surface area contributed by atoms with Crippen LogP contribution in [-0.2, 0) is 9.59 Å². The molecule has 64 valence electrons. The number of rotatable bonds is 2. The summed E-state index contributed by atoms with van der Waals surface area (Å²) in [4.78, 5) is 23.2. The van der Waals surface area contributed by atoms with Gasteiger partial charge in [0.25, 0.3) is 0 Å². The Morgan fingerprint density at radius 2 is 2.33 bits per heavy atom. The van der Waals surface area contributed by atoms with Crippen LogP contribution >= 0.6 is 0 Å². The van der Waals surface area contributed by atoms with Crippen molar-refractivity contribution in [1.29, 1.82) is 5.26 Å². The molecule has 2 amide bonds. The molecule has 1 fully saturated rings. The van der Waals surface area contributed by atoms with Gasteiger partial charge in [-0.2, -0.15) is 5.26 Å². The van der Waals surface area contributed by atoms with Crippen LogP contribution in [-0.4, -0.2) is 36.3 Å². The van der Waals surface area contributed by atoms with Gasteiger partial charge in [0.1, 0.15) is 0 Å². The summed E-state index contributed by atoms with van der Waals surface area (Å²) >= 11 is 0. The Morgan fingerprint density at radius 3 is 3.00 bits per heavy atom. The fraction of sp³-hybridized carbons (Fsp3) is 0.571. The monoisotopic (exact) mass is 167 g/mol. The second-order valence-electron chi connectivity index (χ2n) is 2.50. The molecule has 1 N–H and O–H groups in total. The molecule has 0 unspecified atom stereocenters. The highest BCUT2D eigenvalue weighted by atomic mass is 16.2. The minimum absolute atomic E-state index is 0.0598. The smallest absolute Gasteiger partial charge is 0.242 e. The third-order valence-electron chi connectivity index (χ3n) is 1.62. The van der Waals surface area contributed by atoms with Crippen LogP contribution in [0.15, 0.2) is 0 Å². The van der Waals surface area contributed by atoms with Gasteiger partial charge in [0, 0.05) is 6.54 Å². The van der Waals surface area contributed by atoms with E-state index in [2.05, 4.69) is 5.32 Å². The van der Waals surface area contributed by atoms with Gasteiger partial charge in [0.2, 0.25) is 11.8 Å². The van der Waals surface area contributed by atoms with Crippen LogP contribution in [0.3, 0.4) is 0 Å². The van der Waals surface area contributed by atoms with Crippen LogP contribution in [0.25, 0.3) is 0 Å². The second kappa shape index (κ2) is 3.72. The molecule has 1 rings (SSSR count). The minimum Gasteiger partial charge on any atom is -0.345 e. The summed E-state index contributed by atoms with van der Waals surface area (Å²) < 4.78 is 0. The number of amides is 2. The van der Waals surface area contributed by atoms with E-state index >= 15 is 0 Å². The van der Waals surface area contributed by atoms with Crippen LogP contribution in [0.5, 0.6) is 0 Å². The van der Waals surface area contributed by atoms with E-state index < -0.39 is 0 Å². The van der Waals surface area contributed by atoms with Crippen molar-refractivity contribution in [3.8, 4) is 6.07 Å². The summed E-state index contributed by atoms with van der Waals surface area (Å²) in [6.07, 6.45) is 0.277. The number of nitrogens with zero attached hydrogens (tertiary/aromatic N) is 2. The number of nitriles is 1. The lowest BCUT2D eigenvalue weighted by atomic mass is 10.3. The van der Waals surface area contributed by atoms with Gasteiger partial charge in [-0.25, -0.2) is 0 Å². The van der Waals surface area contributed by atoms with Crippen LogP contribution in [0.1, 0.15) is 6.42 Å². The average Bonchev–Trinajstić information content (AvgIpc) is 2.07. The van der Waals surface area contributed by atoms with Crippen LogP contribution < -0.4 is 5.32 Å². The zero-order valence-electron chi connectivity index (χ0n) is 6.54. The number of piperazine rings is 1. The molecule has 0 spiro atoms. The van der Waals surface area contributed by atoms with Gasteiger partial charge in [-0.1, -0.05) is 0 Å². The highest BCUT2D eigenvalue weighted by Crippen LogP contribution is 1.96. The molecule has 12 heavy (non-hydrogen) atoms. The van der Waals surface area contributed by atoms with Crippen molar-refractivity contribution in [3.05, 3.63) is 0 Å². The van der Waals surface area contributed by atoms with E-state index in [1.54, 1.807) is 0 Å². The van der Waals surface area contributed by atoms with E-state index in [-0.39, 0.29) is 31.3 Å². The molecule has 1 aliphatic heterocycles. The van der Waals surface area contributed by atoms with E-state index in [0.717, 1.165) is 0 Å². The SMILES string of the molecule is N#CCCN1CC(=O)NCC1=O. The van der Waals surface area contributed by atoms with Gasteiger partial charge in [-0.05, 0) is 0 Å². The molecule has 0 aliphatic carbocycles. The lowest BCUT2D eigenvalue weighted by Gasteiger charge is -2.25. The molecule has 0 bridgehead atoms. The first-order valence-electron chi connectivity index (χ1n) is 3.65. The van der Waals surface area contributed by atoms with Crippen molar-refractivity contribution in [2.45, 2.75) is 6.42 Å². The Hall–Kier alpha value is -1.57. The summed E-state index contributed by atoms with van der Waals surface area (Å²) in [6, 6.07) is 1.92. The Morgan fingerprint density at radius 1 is 1.58 bits per heavy atom. The third kappa shape index (κ3) is 1.95. The lowest BCUT2D eigenvalue weighted by molar-refractivity contribution is -0.140. The molecule has 0 aromatic heterocycles. The summed E-state index contributed by atoms with van der Waals surface area (Å²) in [5.74, 6) is -0.280. The first-order chi connectivity index (χ1) is 5.74. The third-order valence-corrected chi connectivity index (χ3v) is 1.62. The molecule has 5 heteroatoms. The molecular weight excluding hydrogens is 158 g/mol. The average molecular weight is 167 g/mol. The van der Waals surface area contributed by atoms with Crippen molar-refractivity contribution < 1.29 is 9.59 Å². The summed E-state index contributed by atoms with van der Waals surface area (Å²) in [5.41, 5.74) is 0. The van der Waals surface area contributed by atoms with Crippen LogP contribution in [0, 0.1) is 11.3 Å². The Kier molecular flexibility index (Phi) is 2.64. The van der Waals surface area contributed by atoms with E-state index in [0.29, 0.717) is 6.54 Å². The van der Waals surface area contributed by atoms with E-state index in [4.69, 9.17) is 5.26 Å². The van der Waals surface area contributed by atoms with Gasteiger partial charge in [-0.15, -0.1) is 0 Å². The van der Waals surface area contributed by atoms with Gasteiger partial charge >= 0.3 is 0 Å². The highest BCUT2D eigenvalue weighted by molar-refractivity contribution is 5.92. The zero-order chi connectivity index (χ0) is 8.97. The summed E-state index contributed by atoms with van der Waals surface area (Å²) in [6.45, 7) is 0.494. The fourth-order valence-electron chi connectivity index (χ4n) is 0.992. The Balaban J connectivity index is 2.45. The Bertz CT molecular complexity index is 244. The maximum absolute atomic E-state index is 11.0. The van der Waals surface area contributed by atoms with Crippen molar-refractivity contribution in [2.24, 2.45) is 0 Å². The normalized spacial score (nSPS) is 17.1.